The first kappa shape index (κ1) is 14.7. The van der Waals surface area contributed by atoms with Crippen LogP contribution < -0.4 is 11.3 Å². The van der Waals surface area contributed by atoms with Gasteiger partial charge in [0.1, 0.15) is 5.76 Å². The van der Waals surface area contributed by atoms with Crippen molar-refractivity contribution < 1.29 is 9.21 Å². The SMILES string of the molecule is Cc1oc(C(=O)NN)cc1CN(C)C(C)C(C)C. The van der Waals surface area contributed by atoms with Crippen LogP contribution >= 0.6 is 0 Å². The average molecular weight is 253 g/mol. The first-order valence-electron chi connectivity index (χ1n) is 6.17. The van der Waals surface area contributed by atoms with E-state index in [2.05, 4.69) is 38.1 Å². The van der Waals surface area contributed by atoms with Crippen LogP contribution in [0.4, 0.5) is 0 Å². The number of hydrogen-bond donors (Lipinski definition) is 2. The fraction of sp³-hybridized carbons (Fsp3) is 0.615. The van der Waals surface area contributed by atoms with E-state index in [1.54, 1.807) is 6.07 Å². The topological polar surface area (TPSA) is 71.5 Å². The molecule has 1 atom stereocenters. The standard InChI is InChI=1S/C13H23N3O2/c1-8(2)9(3)16(5)7-11-6-12(13(17)15-14)18-10(11)4/h6,8-9H,7,14H2,1-5H3,(H,15,17). The molecular formula is C13H23N3O2. The van der Waals surface area contributed by atoms with Gasteiger partial charge >= 0.3 is 5.91 Å². The molecule has 1 aromatic heterocycles. The molecule has 1 unspecified atom stereocenters. The zero-order chi connectivity index (χ0) is 13.9. The van der Waals surface area contributed by atoms with E-state index in [0.29, 0.717) is 12.0 Å². The van der Waals surface area contributed by atoms with Crippen LogP contribution in [0.3, 0.4) is 0 Å². The number of amides is 1. The molecule has 5 heteroatoms. The van der Waals surface area contributed by atoms with Gasteiger partial charge in [-0.2, -0.15) is 0 Å². The van der Waals surface area contributed by atoms with Gasteiger partial charge in [-0.15, -0.1) is 0 Å². The van der Waals surface area contributed by atoms with E-state index >= 15 is 0 Å². The highest BCUT2D eigenvalue weighted by Crippen LogP contribution is 2.18. The molecule has 0 aliphatic carbocycles. The number of aryl methyl sites for hydroxylation is 1. The summed E-state index contributed by atoms with van der Waals surface area (Å²) in [6, 6.07) is 2.22. The molecule has 1 rings (SSSR count). The van der Waals surface area contributed by atoms with Crippen LogP contribution in [-0.2, 0) is 6.54 Å². The van der Waals surface area contributed by atoms with Crippen LogP contribution in [-0.4, -0.2) is 23.9 Å². The molecule has 18 heavy (non-hydrogen) atoms. The Morgan fingerprint density at radius 2 is 2.11 bits per heavy atom. The summed E-state index contributed by atoms with van der Waals surface area (Å²) in [5.74, 6) is 6.28. The lowest BCUT2D eigenvalue weighted by molar-refractivity contribution is 0.0924. The summed E-state index contributed by atoms with van der Waals surface area (Å²) in [7, 11) is 2.07. The predicted molar refractivity (Wildman–Crippen MR) is 70.9 cm³/mol. The molecule has 3 N–H and O–H groups in total. The number of hydrogen-bond acceptors (Lipinski definition) is 4. The zero-order valence-corrected chi connectivity index (χ0v) is 11.8. The van der Waals surface area contributed by atoms with Crippen LogP contribution in [0.5, 0.6) is 0 Å². The van der Waals surface area contributed by atoms with E-state index in [-0.39, 0.29) is 5.76 Å². The van der Waals surface area contributed by atoms with Crippen LogP contribution in [0, 0.1) is 12.8 Å². The fourth-order valence-corrected chi connectivity index (χ4v) is 1.78. The van der Waals surface area contributed by atoms with Crippen LogP contribution in [0.2, 0.25) is 0 Å². The first-order valence-corrected chi connectivity index (χ1v) is 6.17. The van der Waals surface area contributed by atoms with Crippen molar-refractivity contribution >= 4 is 5.91 Å². The number of nitrogen functional groups attached to an aromatic ring is 1. The minimum absolute atomic E-state index is 0.260. The minimum Gasteiger partial charge on any atom is -0.456 e. The van der Waals surface area contributed by atoms with Crippen molar-refractivity contribution in [3.8, 4) is 0 Å². The molecular weight excluding hydrogens is 230 g/mol. The maximum atomic E-state index is 11.4. The predicted octanol–water partition coefficient (Wildman–Crippen LogP) is 1.67. The Balaban J connectivity index is 2.79. The number of hydrazine groups is 1. The third-order valence-corrected chi connectivity index (χ3v) is 3.46. The Morgan fingerprint density at radius 1 is 1.50 bits per heavy atom. The summed E-state index contributed by atoms with van der Waals surface area (Å²) in [5.41, 5.74) is 3.09. The Bertz CT molecular complexity index is 412. The average Bonchev–Trinajstić information content (AvgIpc) is 2.68. The molecule has 1 aromatic rings. The maximum absolute atomic E-state index is 11.4. The number of carbonyl (C=O) groups is 1. The Labute approximate surface area is 108 Å². The van der Waals surface area contributed by atoms with Crippen molar-refractivity contribution in [2.24, 2.45) is 11.8 Å². The van der Waals surface area contributed by atoms with Crippen molar-refractivity contribution in [2.75, 3.05) is 7.05 Å². The molecule has 0 aliphatic heterocycles. The highest BCUT2D eigenvalue weighted by atomic mass is 16.4. The van der Waals surface area contributed by atoms with Gasteiger partial charge in [0, 0.05) is 18.2 Å². The van der Waals surface area contributed by atoms with Gasteiger partial charge in [0.2, 0.25) is 0 Å². The summed E-state index contributed by atoms with van der Waals surface area (Å²) in [5, 5.41) is 0. The molecule has 0 aromatic carbocycles. The second-order valence-corrected chi connectivity index (χ2v) is 5.07. The van der Waals surface area contributed by atoms with Gasteiger partial charge in [0.25, 0.3) is 0 Å². The van der Waals surface area contributed by atoms with Gasteiger partial charge in [0.15, 0.2) is 5.76 Å². The minimum atomic E-state index is -0.399. The van der Waals surface area contributed by atoms with E-state index < -0.39 is 5.91 Å². The summed E-state index contributed by atoms with van der Waals surface area (Å²) in [6.07, 6.45) is 0. The number of carbonyl (C=O) groups excluding carboxylic acids is 1. The number of nitrogens with one attached hydrogen (secondary N) is 1. The van der Waals surface area contributed by atoms with Crippen molar-refractivity contribution in [3.05, 3.63) is 23.2 Å². The Kier molecular flexibility index (Phi) is 4.93. The summed E-state index contributed by atoms with van der Waals surface area (Å²) in [6.45, 7) is 9.18. The highest BCUT2D eigenvalue weighted by Gasteiger charge is 2.18. The quantitative estimate of drug-likeness (QED) is 0.475. The van der Waals surface area contributed by atoms with E-state index in [9.17, 15) is 4.79 Å². The fourth-order valence-electron chi connectivity index (χ4n) is 1.78. The normalized spacial score (nSPS) is 13.1. The molecule has 102 valence electrons. The summed E-state index contributed by atoms with van der Waals surface area (Å²) < 4.78 is 5.39. The van der Waals surface area contributed by atoms with Crippen molar-refractivity contribution in [1.82, 2.24) is 10.3 Å². The van der Waals surface area contributed by atoms with E-state index in [1.807, 2.05) is 6.92 Å². The lowest BCUT2D eigenvalue weighted by Gasteiger charge is -2.27. The van der Waals surface area contributed by atoms with Crippen LogP contribution in [0.25, 0.3) is 0 Å². The Morgan fingerprint density at radius 3 is 2.61 bits per heavy atom. The third-order valence-electron chi connectivity index (χ3n) is 3.46. The number of nitrogens with two attached hydrogens (primary N) is 1. The third kappa shape index (κ3) is 3.34. The number of furan rings is 1. The molecule has 5 nitrogen and oxygen atoms in total. The van der Waals surface area contributed by atoms with Crippen LogP contribution in [0.1, 0.15) is 42.6 Å². The lowest BCUT2D eigenvalue weighted by Crippen LogP contribution is -2.32. The van der Waals surface area contributed by atoms with Gasteiger partial charge < -0.3 is 4.42 Å². The van der Waals surface area contributed by atoms with Gasteiger partial charge in [-0.1, -0.05) is 13.8 Å². The molecule has 0 spiro atoms. The molecule has 0 saturated carbocycles. The second-order valence-electron chi connectivity index (χ2n) is 5.07. The van der Waals surface area contributed by atoms with Gasteiger partial charge in [-0.05, 0) is 32.9 Å². The smallest absolute Gasteiger partial charge is 0.300 e. The van der Waals surface area contributed by atoms with Crippen molar-refractivity contribution in [2.45, 2.75) is 40.3 Å². The van der Waals surface area contributed by atoms with Crippen molar-refractivity contribution in [1.29, 1.82) is 0 Å². The highest BCUT2D eigenvalue weighted by molar-refractivity contribution is 5.91. The number of rotatable bonds is 5. The molecule has 0 fully saturated rings. The zero-order valence-electron chi connectivity index (χ0n) is 11.8. The van der Waals surface area contributed by atoms with Gasteiger partial charge in [0.05, 0.1) is 0 Å². The van der Waals surface area contributed by atoms with Gasteiger partial charge in [-0.3, -0.25) is 15.1 Å². The van der Waals surface area contributed by atoms with Crippen LogP contribution in [0.15, 0.2) is 10.5 Å². The lowest BCUT2D eigenvalue weighted by atomic mass is 10.0. The summed E-state index contributed by atoms with van der Waals surface area (Å²) in [4.78, 5) is 13.6. The molecule has 0 saturated heterocycles. The largest absolute Gasteiger partial charge is 0.456 e. The van der Waals surface area contributed by atoms with Crippen molar-refractivity contribution in [3.63, 3.8) is 0 Å². The monoisotopic (exact) mass is 253 g/mol. The number of nitrogens with zero attached hydrogens (tertiary/aromatic N) is 1. The molecule has 0 aliphatic rings. The molecule has 0 radical (unpaired) electrons. The molecule has 1 heterocycles. The molecule has 1 amide bonds. The van der Waals surface area contributed by atoms with E-state index in [4.69, 9.17) is 10.3 Å². The maximum Gasteiger partial charge on any atom is 0.300 e. The second kappa shape index (κ2) is 6.02. The Hall–Kier alpha value is -1.33. The summed E-state index contributed by atoms with van der Waals surface area (Å²) >= 11 is 0. The first-order chi connectivity index (χ1) is 8.36. The van der Waals surface area contributed by atoms with E-state index in [0.717, 1.165) is 17.9 Å². The van der Waals surface area contributed by atoms with E-state index in [1.165, 1.54) is 0 Å². The molecule has 0 bridgehead atoms. The van der Waals surface area contributed by atoms with Gasteiger partial charge in [-0.25, -0.2) is 5.84 Å².